The third-order valence-electron chi connectivity index (χ3n) is 4.63. The van der Waals surface area contributed by atoms with Gasteiger partial charge in [-0.25, -0.2) is 0 Å². The van der Waals surface area contributed by atoms with Crippen LogP contribution in [0.5, 0.6) is 11.5 Å². The Morgan fingerprint density at radius 2 is 2.00 bits per heavy atom. The van der Waals surface area contributed by atoms with Crippen molar-refractivity contribution in [2.75, 3.05) is 6.79 Å². The van der Waals surface area contributed by atoms with Crippen molar-refractivity contribution in [3.8, 4) is 22.8 Å². The first-order valence-corrected chi connectivity index (χ1v) is 8.40. The number of rotatable bonds is 5. The number of nitrogens with one attached hydrogen (secondary N) is 1. The summed E-state index contributed by atoms with van der Waals surface area (Å²) in [7, 11) is 0. The van der Waals surface area contributed by atoms with E-state index < -0.39 is 0 Å². The van der Waals surface area contributed by atoms with Crippen molar-refractivity contribution in [2.45, 2.75) is 38.6 Å². The molecule has 24 heavy (non-hydrogen) atoms. The van der Waals surface area contributed by atoms with Gasteiger partial charge in [0.25, 0.3) is 0 Å². The molecule has 6 heteroatoms. The highest BCUT2D eigenvalue weighted by molar-refractivity contribution is 5.76. The summed E-state index contributed by atoms with van der Waals surface area (Å²) in [4.78, 5) is 12.0. The normalized spacial score (nSPS) is 16.5. The molecule has 6 nitrogen and oxygen atoms in total. The molecule has 1 amide bonds. The van der Waals surface area contributed by atoms with Crippen LogP contribution in [0.2, 0.25) is 0 Å². The highest BCUT2D eigenvalue weighted by atomic mass is 16.7. The van der Waals surface area contributed by atoms with Gasteiger partial charge >= 0.3 is 0 Å². The maximum absolute atomic E-state index is 12.0. The molecule has 0 bridgehead atoms. The SMILES string of the molecule is O=C(CC1CCCC1)NCc1cc(-c2ccc3c(c2)OCO3)on1. The van der Waals surface area contributed by atoms with Gasteiger partial charge in [0.15, 0.2) is 17.3 Å². The monoisotopic (exact) mass is 328 g/mol. The van der Waals surface area contributed by atoms with Gasteiger partial charge in [0, 0.05) is 18.1 Å². The number of hydrogen-bond donors (Lipinski definition) is 1. The molecule has 1 fully saturated rings. The van der Waals surface area contributed by atoms with Crippen LogP contribution in [0.3, 0.4) is 0 Å². The van der Waals surface area contributed by atoms with E-state index in [1.807, 2.05) is 24.3 Å². The molecule has 1 aliphatic carbocycles. The summed E-state index contributed by atoms with van der Waals surface area (Å²) in [5.74, 6) is 2.72. The number of fused-ring (bicyclic) bond motifs is 1. The largest absolute Gasteiger partial charge is 0.454 e. The first-order chi connectivity index (χ1) is 11.8. The van der Waals surface area contributed by atoms with E-state index in [0.717, 1.165) is 11.3 Å². The number of benzene rings is 1. The smallest absolute Gasteiger partial charge is 0.231 e. The summed E-state index contributed by atoms with van der Waals surface area (Å²) >= 11 is 0. The van der Waals surface area contributed by atoms with E-state index in [9.17, 15) is 4.79 Å². The van der Waals surface area contributed by atoms with Crippen LogP contribution >= 0.6 is 0 Å². The first-order valence-electron chi connectivity index (χ1n) is 8.40. The predicted molar refractivity (Wildman–Crippen MR) is 86.5 cm³/mol. The molecule has 1 saturated carbocycles. The van der Waals surface area contributed by atoms with E-state index in [2.05, 4.69) is 10.5 Å². The predicted octanol–water partition coefficient (Wildman–Crippen LogP) is 3.27. The van der Waals surface area contributed by atoms with E-state index in [0.29, 0.717) is 36.1 Å². The number of amides is 1. The molecule has 0 saturated heterocycles. The van der Waals surface area contributed by atoms with Gasteiger partial charge < -0.3 is 19.3 Å². The summed E-state index contributed by atoms with van der Waals surface area (Å²) in [6.45, 7) is 0.632. The van der Waals surface area contributed by atoms with Crippen LogP contribution in [-0.4, -0.2) is 17.9 Å². The van der Waals surface area contributed by atoms with Crippen molar-refractivity contribution < 1.29 is 18.8 Å². The average Bonchev–Trinajstić information content (AvgIpc) is 3.33. The Kier molecular flexibility index (Phi) is 4.11. The second kappa shape index (κ2) is 6.55. The maximum atomic E-state index is 12.0. The molecular formula is C18H20N2O4. The van der Waals surface area contributed by atoms with Crippen molar-refractivity contribution in [1.29, 1.82) is 0 Å². The van der Waals surface area contributed by atoms with Crippen LogP contribution in [0, 0.1) is 5.92 Å². The zero-order valence-electron chi connectivity index (χ0n) is 13.4. The molecule has 1 aliphatic heterocycles. The summed E-state index contributed by atoms with van der Waals surface area (Å²) in [6, 6.07) is 7.46. The summed E-state index contributed by atoms with van der Waals surface area (Å²) in [5, 5.41) is 6.95. The van der Waals surface area contributed by atoms with Gasteiger partial charge in [-0.05, 0) is 37.0 Å². The molecule has 0 spiro atoms. The molecule has 0 radical (unpaired) electrons. The molecule has 0 unspecified atom stereocenters. The van der Waals surface area contributed by atoms with Crippen LogP contribution in [0.1, 0.15) is 37.8 Å². The lowest BCUT2D eigenvalue weighted by Crippen LogP contribution is -2.24. The van der Waals surface area contributed by atoms with Gasteiger partial charge in [0.2, 0.25) is 12.7 Å². The average molecular weight is 328 g/mol. The van der Waals surface area contributed by atoms with Gasteiger partial charge in [-0.15, -0.1) is 0 Å². The third-order valence-corrected chi connectivity index (χ3v) is 4.63. The molecule has 2 aliphatic rings. The highest BCUT2D eigenvalue weighted by Crippen LogP contribution is 2.36. The molecule has 1 N–H and O–H groups in total. The van der Waals surface area contributed by atoms with Crippen molar-refractivity contribution >= 4 is 5.91 Å². The molecule has 2 heterocycles. The zero-order chi connectivity index (χ0) is 16.4. The summed E-state index contributed by atoms with van der Waals surface area (Å²) in [5.41, 5.74) is 1.58. The summed E-state index contributed by atoms with van der Waals surface area (Å²) in [6.07, 6.45) is 5.46. The van der Waals surface area contributed by atoms with Crippen molar-refractivity contribution in [2.24, 2.45) is 5.92 Å². The Hall–Kier alpha value is -2.50. The number of ether oxygens (including phenoxy) is 2. The molecule has 1 aromatic heterocycles. The Morgan fingerprint density at radius 1 is 1.17 bits per heavy atom. The number of carbonyl (C=O) groups is 1. The molecule has 4 rings (SSSR count). The lowest BCUT2D eigenvalue weighted by molar-refractivity contribution is -0.122. The molecular weight excluding hydrogens is 308 g/mol. The van der Waals surface area contributed by atoms with E-state index >= 15 is 0 Å². The Balaban J connectivity index is 1.35. The minimum absolute atomic E-state index is 0.0922. The number of hydrogen-bond acceptors (Lipinski definition) is 5. The molecule has 1 aromatic carbocycles. The van der Waals surface area contributed by atoms with E-state index in [-0.39, 0.29) is 12.7 Å². The van der Waals surface area contributed by atoms with Gasteiger partial charge in [-0.2, -0.15) is 0 Å². The fourth-order valence-electron chi connectivity index (χ4n) is 3.32. The second-order valence-corrected chi connectivity index (χ2v) is 6.38. The van der Waals surface area contributed by atoms with E-state index in [1.54, 1.807) is 0 Å². The second-order valence-electron chi connectivity index (χ2n) is 6.38. The number of carbonyl (C=O) groups excluding carboxylic acids is 1. The maximum Gasteiger partial charge on any atom is 0.231 e. The lowest BCUT2D eigenvalue weighted by Gasteiger charge is -2.08. The van der Waals surface area contributed by atoms with Crippen molar-refractivity contribution in [3.05, 3.63) is 30.0 Å². The quantitative estimate of drug-likeness (QED) is 0.912. The van der Waals surface area contributed by atoms with Crippen LogP contribution in [-0.2, 0) is 11.3 Å². The number of nitrogens with zero attached hydrogens (tertiary/aromatic N) is 1. The fraction of sp³-hybridized carbons (Fsp3) is 0.444. The fourth-order valence-corrected chi connectivity index (χ4v) is 3.32. The van der Waals surface area contributed by atoms with Gasteiger partial charge in [0.05, 0.1) is 6.54 Å². The first kappa shape index (κ1) is 15.1. The lowest BCUT2D eigenvalue weighted by atomic mass is 10.0. The topological polar surface area (TPSA) is 73.6 Å². The standard InChI is InChI=1S/C18H20N2O4/c21-18(7-12-3-1-2-4-12)19-10-14-9-16(24-20-14)13-5-6-15-17(8-13)23-11-22-15/h5-6,8-9,12H,1-4,7,10-11H2,(H,19,21). The Morgan fingerprint density at radius 3 is 2.88 bits per heavy atom. The molecule has 0 atom stereocenters. The van der Waals surface area contributed by atoms with E-state index in [1.165, 1.54) is 25.7 Å². The Labute approximate surface area is 140 Å². The minimum atomic E-state index is 0.0922. The van der Waals surface area contributed by atoms with Crippen LogP contribution in [0.15, 0.2) is 28.8 Å². The minimum Gasteiger partial charge on any atom is -0.454 e. The number of aromatic nitrogens is 1. The molecule has 126 valence electrons. The van der Waals surface area contributed by atoms with E-state index in [4.69, 9.17) is 14.0 Å². The summed E-state index contributed by atoms with van der Waals surface area (Å²) < 4.78 is 16.0. The Bertz CT molecular complexity index is 734. The van der Waals surface area contributed by atoms with Crippen molar-refractivity contribution in [3.63, 3.8) is 0 Å². The molecule has 2 aromatic rings. The van der Waals surface area contributed by atoms with Crippen LogP contribution in [0.4, 0.5) is 0 Å². The van der Waals surface area contributed by atoms with Crippen LogP contribution in [0.25, 0.3) is 11.3 Å². The third kappa shape index (κ3) is 3.22. The van der Waals surface area contributed by atoms with Crippen molar-refractivity contribution in [1.82, 2.24) is 10.5 Å². The zero-order valence-corrected chi connectivity index (χ0v) is 13.4. The van der Waals surface area contributed by atoms with Gasteiger partial charge in [0.1, 0.15) is 5.69 Å². The van der Waals surface area contributed by atoms with Gasteiger partial charge in [-0.3, -0.25) is 4.79 Å². The van der Waals surface area contributed by atoms with Gasteiger partial charge in [-0.1, -0.05) is 18.0 Å². The van der Waals surface area contributed by atoms with Crippen LogP contribution < -0.4 is 14.8 Å². The highest BCUT2D eigenvalue weighted by Gasteiger charge is 2.19.